The Kier molecular flexibility index (Phi) is 4.77. The molecule has 4 heteroatoms. The zero-order valence-corrected chi connectivity index (χ0v) is 11.8. The summed E-state index contributed by atoms with van der Waals surface area (Å²) in [5.41, 5.74) is 2.34. The van der Waals surface area contributed by atoms with Gasteiger partial charge in [-0.1, -0.05) is 23.7 Å². The Morgan fingerprint density at radius 2 is 2.21 bits per heavy atom. The average molecular weight is 277 g/mol. The van der Waals surface area contributed by atoms with Crippen molar-refractivity contribution in [2.24, 2.45) is 0 Å². The predicted molar refractivity (Wildman–Crippen MR) is 77.7 cm³/mol. The summed E-state index contributed by atoms with van der Waals surface area (Å²) < 4.78 is 5.26. The van der Waals surface area contributed by atoms with Crippen LogP contribution >= 0.6 is 11.6 Å². The number of hydrogen-bond donors (Lipinski definition) is 1. The third-order valence-corrected chi connectivity index (χ3v) is 3.40. The molecule has 0 radical (unpaired) electrons. The maximum absolute atomic E-state index is 6.05. The van der Waals surface area contributed by atoms with E-state index in [4.69, 9.17) is 16.3 Å². The summed E-state index contributed by atoms with van der Waals surface area (Å²) in [7, 11) is 3.57. The largest absolute Gasteiger partial charge is 0.495 e. The molecule has 0 bridgehead atoms. The van der Waals surface area contributed by atoms with E-state index in [2.05, 4.69) is 16.4 Å². The molecular weight excluding hydrogens is 260 g/mol. The van der Waals surface area contributed by atoms with Gasteiger partial charge in [0.25, 0.3) is 0 Å². The van der Waals surface area contributed by atoms with E-state index in [1.165, 1.54) is 5.56 Å². The van der Waals surface area contributed by atoms with E-state index in [1.807, 2.05) is 37.5 Å². The van der Waals surface area contributed by atoms with Gasteiger partial charge >= 0.3 is 0 Å². The molecule has 1 atom stereocenters. The number of hydrogen-bond acceptors (Lipinski definition) is 3. The lowest BCUT2D eigenvalue weighted by Crippen LogP contribution is -2.19. The standard InChI is InChI=1S/C15H17ClN2O/c1-17-14(8-11-4-3-7-18-10-11)12-5-6-13(16)15(9-12)19-2/h3-7,9-10,14,17H,8H2,1-2H3. The molecule has 0 aliphatic carbocycles. The molecule has 0 aliphatic heterocycles. The second kappa shape index (κ2) is 6.55. The number of methoxy groups -OCH3 is 1. The third-order valence-electron chi connectivity index (χ3n) is 3.09. The van der Waals surface area contributed by atoms with Gasteiger partial charge in [-0.05, 0) is 42.8 Å². The molecule has 0 aliphatic rings. The van der Waals surface area contributed by atoms with Gasteiger partial charge in [0.1, 0.15) is 5.75 Å². The van der Waals surface area contributed by atoms with E-state index in [0.29, 0.717) is 10.8 Å². The summed E-state index contributed by atoms with van der Waals surface area (Å²) in [6.45, 7) is 0. The van der Waals surface area contributed by atoms with Crippen LogP contribution in [0.3, 0.4) is 0 Å². The number of halogens is 1. The Hall–Kier alpha value is -1.58. The minimum Gasteiger partial charge on any atom is -0.495 e. The van der Waals surface area contributed by atoms with Gasteiger partial charge in [0, 0.05) is 18.4 Å². The summed E-state index contributed by atoms with van der Waals surface area (Å²) in [6, 6.07) is 10.1. The molecule has 1 N–H and O–H groups in total. The number of benzene rings is 1. The van der Waals surface area contributed by atoms with Crippen LogP contribution in [0.5, 0.6) is 5.75 Å². The van der Waals surface area contributed by atoms with Crippen LogP contribution in [0.15, 0.2) is 42.7 Å². The van der Waals surface area contributed by atoms with Crippen LogP contribution in [0, 0.1) is 0 Å². The van der Waals surface area contributed by atoms with E-state index in [1.54, 1.807) is 13.3 Å². The zero-order valence-electron chi connectivity index (χ0n) is 11.1. The normalized spacial score (nSPS) is 12.2. The van der Waals surface area contributed by atoms with E-state index in [9.17, 15) is 0 Å². The molecule has 19 heavy (non-hydrogen) atoms. The lowest BCUT2D eigenvalue weighted by atomic mass is 10.00. The molecule has 2 rings (SSSR count). The Bertz CT molecular complexity index is 531. The average Bonchev–Trinajstić information content (AvgIpc) is 2.46. The molecule has 1 unspecified atom stereocenters. The van der Waals surface area contributed by atoms with Gasteiger partial charge in [0.05, 0.1) is 12.1 Å². The van der Waals surface area contributed by atoms with Crippen LogP contribution in [0.2, 0.25) is 5.02 Å². The minimum atomic E-state index is 0.204. The summed E-state index contributed by atoms with van der Waals surface area (Å²) >= 11 is 6.05. The van der Waals surface area contributed by atoms with Crippen molar-refractivity contribution in [1.82, 2.24) is 10.3 Å². The first-order valence-corrected chi connectivity index (χ1v) is 6.52. The van der Waals surface area contributed by atoms with Crippen LogP contribution < -0.4 is 10.1 Å². The SMILES string of the molecule is CNC(Cc1cccnc1)c1ccc(Cl)c(OC)c1. The smallest absolute Gasteiger partial charge is 0.137 e. The van der Waals surface area contributed by atoms with Crippen molar-refractivity contribution < 1.29 is 4.74 Å². The first-order chi connectivity index (χ1) is 9.24. The lowest BCUT2D eigenvalue weighted by Gasteiger charge is -2.17. The van der Waals surface area contributed by atoms with Crippen molar-refractivity contribution in [2.45, 2.75) is 12.5 Å². The third kappa shape index (κ3) is 3.46. The maximum atomic E-state index is 6.05. The first kappa shape index (κ1) is 13.8. The number of rotatable bonds is 5. The first-order valence-electron chi connectivity index (χ1n) is 6.14. The van der Waals surface area contributed by atoms with Gasteiger partial charge in [-0.2, -0.15) is 0 Å². The summed E-state index contributed by atoms with van der Waals surface area (Å²) in [5, 5.41) is 3.94. The Labute approximate surface area is 118 Å². The molecule has 1 heterocycles. The van der Waals surface area contributed by atoms with E-state index >= 15 is 0 Å². The van der Waals surface area contributed by atoms with Gasteiger partial charge in [-0.15, -0.1) is 0 Å². The number of pyridine rings is 1. The lowest BCUT2D eigenvalue weighted by molar-refractivity contribution is 0.413. The number of nitrogens with zero attached hydrogens (tertiary/aromatic N) is 1. The van der Waals surface area contributed by atoms with Crippen molar-refractivity contribution in [3.05, 3.63) is 58.9 Å². The van der Waals surface area contributed by atoms with Crippen LogP contribution in [0.1, 0.15) is 17.2 Å². The maximum Gasteiger partial charge on any atom is 0.137 e. The highest BCUT2D eigenvalue weighted by Crippen LogP contribution is 2.28. The van der Waals surface area contributed by atoms with E-state index < -0.39 is 0 Å². The highest BCUT2D eigenvalue weighted by molar-refractivity contribution is 6.32. The van der Waals surface area contributed by atoms with E-state index in [-0.39, 0.29) is 6.04 Å². The fourth-order valence-corrected chi connectivity index (χ4v) is 2.23. The van der Waals surface area contributed by atoms with Crippen molar-refractivity contribution in [3.63, 3.8) is 0 Å². The predicted octanol–water partition coefficient (Wildman–Crippen LogP) is 3.25. The van der Waals surface area contributed by atoms with Crippen molar-refractivity contribution in [3.8, 4) is 5.75 Å². The highest BCUT2D eigenvalue weighted by atomic mass is 35.5. The summed E-state index contributed by atoms with van der Waals surface area (Å²) in [6.07, 6.45) is 4.54. The summed E-state index contributed by atoms with van der Waals surface area (Å²) in [5.74, 6) is 0.700. The molecular formula is C15H17ClN2O. The number of nitrogens with one attached hydrogen (secondary N) is 1. The topological polar surface area (TPSA) is 34.2 Å². The van der Waals surface area contributed by atoms with Gasteiger partial charge in [-0.3, -0.25) is 4.98 Å². The van der Waals surface area contributed by atoms with Gasteiger partial charge in [-0.25, -0.2) is 0 Å². The quantitative estimate of drug-likeness (QED) is 0.910. The molecule has 1 aromatic heterocycles. The second-order valence-electron chi connectivity index (χ2n) is 4.30. The van der Waals surface area contributed by atoms with Crippen LogP contribution in [0.4, 0.5) is 0 Å². The second-order valence-corrected chi connectivity index (χ2v) is 4.71. The Balaban J connectivity index is 2.22. The Morgan fingerprint density at radius 3 is 2.84 bits per heavy atom. The Morgan fingerprint density at radius 1 is 1.37 bits per heavy atom. The summed E-state index contributed by atoms with van der Waals surface area (Å²) in [4.78, 5) is 4.14. The number of ether oxygens (including phenoxy) is 1. The van der Waals surface area contributed by atoms with Crippen LogP contribution in [-0.4, -0.2) is 19.1 Å². The molecule has 0 saturated carbocycles. The molecule has 0 saturated heterocycles. The fraction of sp³-hybridized carbons (Fsp3) is 0.267. The fourth-order valence-electron chi connectivity index (χ4n) is 2.03. The van der Waals surface area contributed by atoms with Crippen molar-refractivity contribution in [2.75, 3.05) is 14.2 Å². The zero-order chi connectivity index (χ0) is 13.7. The molecule has 2 aromatic rings. The van der Waals surface area contributed by atoms with Gasteiger partial charge < -0.3 is 10.1 Å². The van der Waals surface area contributed by atoms with Crippen molar-refractivity contribution in [1.29, 1.82) is 0 Å². The molecule has 0 amide bonds. The molecule has 0 fully saturated rings. The van der Waals surface area contributed by atoms with E-state index in [0.717, 1.165) is 12.0 Å². The van der Waals surface area contributed by atoms with Crippen LogP contribution in [-0.2, 0) is 6.42 Å². The number of likely N-dealkylation sites (N-methyl/N-ethyl adjacent to an activating group) is 1. The monoisotopic (exact) mass is 276 g/mol. The van der Waals surface area contributed by atoms with Gasteiger partial charge in [0.2, 0.25) is 0 Å². The molecule has 1 aromatic carbocycles. The van der Waals surface area contributed by atoms with Gasteiger partial charge in [0.15, 0.2) is 0 Å². The van der Waals surface area contributed by atoms with Crippen molar-refractivity contribution >= 4 is 11.6 Å². The number of aromatic nitrogens is 1. The molecule has 3 nitrogen and oxygen atoms in total. The molecule has 100 valence electrons. The molecule has 0 spiro atoms. The highest BCUT2D eigenvalue weighted by Gasteiger charge is 2.12. The minimum absolute atomic E-state index is 0.204. The van der Waals surface area contributed by atoms with Crippen LogP contribution in [0.25, 0.3) is 0 Å².